The monoisotopic (exact) mass is 444 g/mol. The fourth-order valence-corrected chi connectivity index (χ4v) is 3.30. The van der Waals surface area contributed by atoms with Crippen LogP contribution >= 0.6 is 15.9 Å². The number of imide groups is 1. The number of hydrogen-bond acceptors (Lipinski definition) is 6. The van der Waals surface area contributed by atoms with Crippen molar-refractivity contribution in [1.29, 1.82) is 0 Å². The molecule has 1 saturated heterocycles. The second kappa shape index (κ2) is 8.83. The predicted octanol–water partition coefficient (Wildman–Crippen LogP) is 2.12. The van der Waals surface area contributed by atoms with Crippen molar-refractivity contribution in [3.8, 4) is 0 Å². The van der Waals surface area contributed by atoms with Crippen LogP contribution < -0.4 is 10.7 Å². The molecule has 0 radical (unpaired) electrons. The van der Waals surface area contributed by atoms with Gasteiger partial charge in [0, 0.05) is 18.1 Å². The molecule has 2 N–H and O–H groups in total. The summed E-state index contributed by atoms with van der Waals surface area (Å²) in [6.07, 6.45) is 6.76. The number of benzene rings is 1. The number of amides is 3. The van der Waals surface area contributed by atoms with E-state index in [4.69, 9.17) is 0 Å². The third kappa shape index (κ3) is 4.30. The van der Waals surface area contributed by atoms with Gasteiger partial charge in [0.2, 0.25) is 5.96 Å². The third-order valence-corrected chi connectivity index (χ3v) is 4.79. The molecular weight excluding hydrogens is 424 g/mol. The lowest BCUT2D eigenvalue weighted by Gasteiger charge is -2.35. The van der Waals surface area contributed by atoms with E-state index >= 15 is 0 Å². The number of rotatable bonds is 5. The first-order chi connectivity index (χ1) is 13.5. The first-order valence-corrected chi connectivity index (χ1v) is 9.55. The molecule has 146 valence electrons. The van der Waals surface area contributed by atoms with Crippen molar-refractivity contribution in [2.24, 2.45) is 10.1 Å². The van der Waals surface area contributed by atoms with Gasteiger partial charge in [-0.05, 0) is 34.5 Å². The van der Waals surface area contributed by atoms with E-state index in [0.717, 1.165) is 10.0 Å². The highest BCUT2D eigenvalue weighted by Crippen LogP contribution is 2.23. The maximum atomic E-state index is 12.4. The Labute approximate surface area is 171 Å². The van der Waals surface area contributed by atoms with Crippen LogP contribution in [0.2, 0.25) is 0 Å². The minimum Gasteiger partial charge on any atom is -0.322 e. The second-order valence-electron chi connectivity index (χ2n) is 6.25. The summed E-state index contributed by atoms with van der Waals surface area (Å²) in [5.41, 5.74) is 3.93. The van der Waals surface area contributed by atoms with Crippen molar-refractivity contribution in [3.63, 3.8) is 0 Å². The highest BCUT2D eigenvalue weighted by atomic mass is 79.9. The Hall–Kier alpha value is -2.94. The maximum Gasteiger partial charge on any atom is 0.325 e. The fourth-order valence-electron chi connectivity index (χ4n) is 2.94. The molecule has 2 heterocycles. The summed E-state index contributed by atoms with van der Waals surface area (Å²) in [5, 5.41) is 6.57. The first kappa shape index (κ1) is 19.8. The molecule has 28 heavy (non-hydrogen) atoms. The van der Waals surface area contributed by atoms with Crippen LogP contribution in [-0.2, 0) is 4.79 Å². The number of halogens is 1. The summed E-state index contributed by atoms with van der Waals surface area (Å²) in [4.78, 5) is 31.9. The number of fused-ring (bicyclic) bond motifs is 1. The van der Waals surface area contributed by atoms with E-state index in [2.05, 4.69) is 36.8 Å². The standard InChI is InChI=1S/C19H21BrN6O2/c1-3-4-10-26-15-16(25(2)19(28)23-17(15)27)22-18(26)24-21-12-14(20)11-13-8-6-5-7-9-13/h3-9,11-12,15-16H,10H2,1-2H3,(H,22,24)(H,23,27,28)/b4-3+,14-11-,21-12+. The zero-order valence-electron chi connectivity index (χ0n) is 15.5. The molecule has 1 aromatic rings. The minimum atomic E-state index is -0.597. The summed E-state index contributed by atoms with van der Waals surface area (Å²) >= 11 is 3.46. The first-order valence-electron chi connectivity index (χ1n) is 8.76. The fraction of sp³-hybridized carbons (Fsp3) is 0.263. The molecule has 1 aromatic carbocycles. The third-order valence-electron chi connectivity index (χ3n) is 4.36. The molecule has 2 aliphatic rings. The van der Waals surface area contributed by atoms with E-state index in [1.165, 1.54) is 4.90 Å². The number of aliphatic imine (C=N–C) groups is 1. The van der Waals surface area contributed by atoms with Gasteiger partial charge < -0.3 is 9.80 Å². The van der Waals surface area contributed by atoms with Crippen LogP contribution in [0.3, 0.4) is 0 Å². The molecule has 2 unspecified atom stereocenters. The van der Waals surface area contributed by atoms with Gasteiger partial charge in [0.25, 0.3) is 5.91 Å². The summed E-state index contributed by atoms with van der Waals surface area (Å²) < 4.78 is 0.771. The van der Waals surface area contributed by atoms with E-state index in [1.54, 1.807) is 18.2 Å². The molecule has 8 nitrogen and oxygen atoms in total. The Morgan fingerprint density at radius 3 is 2.82 bits per heavy atom. The Balaban J connectivity index is 1.76. The number of carbonyl (C=O) groups is 2. The SMILES string of the molecule is C/C=C/CN1C(N/N=C/C(Br)=C/c2ccccc2)=NC2C1C(=O)NC(=O)N2C. The van der Waals surface area contributed by atoms with E-state index in [0.29, 0.717) is 12.5 Å². The van der Waals surface area contributed by atoms with Gasteiger partial charge in [-0.1, -0.05) is 42.5 Å². The van der Waals surface area contributed by atoms with Crippen molar-refractivity contribution in [2.45, 2.75) is 19.1 Å². The quantitative estimate of drug-likeness (QED) is 0.413. The van der Waals surface area contributed by atoms with Gasteiger partial charge in [-0.2, -0.15) is 5.10 Å². The lowest BCUT2D eigenvalue weighted by atomic mass is 10.1. The van der Waals surface area contributed by atoms with Crippen molar-refractivity contribution in [3.05, 3.63) is 52.5 Å². The highest BCUT2D eigenvalue weighted by molar-refractivity contribution is 9.12. The van der Waals surface area contributed by atoms with Crippen molar-refractivity contribution in [2.75, 3.05) is 13.6 Å². The summed E-state index contributed by atoms with van der Waals surface area (Å²) in [6, 6.07) is 8.78. The topological polar surface area (TPSA) is 89.4 Å². The number of hydrogen-bond donors (Lipinski definition) is 2. The number of nitrogens with one attached hydrogen (secondary N) is 2. The zero-order chi connectivity index (χ0) is 20.1. The molecule has 2 aliphatic heterocycles. The van der Waals surface area contributed by atoms with Crippen molar-refractivity contribution < 1.29 is 9.59 Å². The number of guanidine groups is 1. The molecule has 9 heteroatoms. The van der Waals surface area contributed by atoms with Crippen LogP contribution in [0.5, 0.6) is 0 Å². The molecule has 0 aliphatic carbocycles. The Morgan fingerprint density at radius 1 is 1.36 bits per heavy atom. The van der Waals surface area contributed by atoms with Gasteiger partial charge in [0.05, 0.1) is 6.21 Å². The molecule has 3 amide bonds. The predicted molar refractivity (Wildman–Crippen MR) is 113 cm³/mol. The molecule has 0 spiro atoms. The molecule has 2 atom stereocenters. The molecule has 3 rings (SSSR count). The molecule has 0 aromatic heterocycles. The maximum absolute atomic E-state index is 12.4. The Morgan fingerprint density at radius 2 is 2.11 bits per heavy atom. The average molecular weight is 445 g/mol. The van der Waals surface area contributed by atoms with E-state index < -0.39 is 18.2 Å². The van der Waals surface area contributed by atoms with Gasteiger partial charge in [0.1, 0.15) is 0 Å². The van der Waals surface area contributed by atoms with E-state index in [-0.39, 0.29) is 5.91 Å². The smallest absolute Gasteiger partial charge is 0.322 e. The van der Waals surface area contributed by atoms with Crippen LogP contribution in [0.15, 0.2) is 57.1 Å². The number of hydrazone groups is 1. The normalized spacial score (nSPS) is 22.7. The number of urea groups is 1. The molecular formula is C19H21BrN6O2. The van der Waals surface area contributed by atoms with Crippen molar-refractivity contribution >= 4 is 46.1 Å². The lowest BCUT2D eigenvalue weighted by Crippen LogP contribution is -2.64. The van der Waals surface area contributed by atoms with Gasteiger partial charge >= 0.3 is 6.03 Å². The van der Waals surface area contributed by atoms with Gasteiger partial charge in [0.15, 0.2) is 12.2 Å². The number of carbonyl (C=O) groups excluding carboxylic acids is 2. The van der Waals surface area contributed by atoms with Crippen LogP contribution in [-0.4, -0.2) is 59.7 Å². The van der Waals surface area contributed by atoms with Crippen LogP contribution in [0.25, 0.3) is 6.08 Å². The zero-order valence-corrected chi connectivity index (χ0v) is 17.1. The van der Waals surface area contributed by atoms with E-state index in [1.807, 2.05) is 55.5 Å². The highest BCUT2D eigenvalue weighted by Gasteiger charge is 2.48. The largest absolute Gasteiger partial charge is 0.325 e. The molecule has 0 saturated carbocycles. The Kier molecular flexibility index (Phi) is 6.25. The number of allylic oxidation sites excluding steroid dienone is 2. The summed E-state index contributed by atoms with van der Waals surface area (Å²) in [5.74, 6) is 0.0633. The van der Waals surface area contributed by atoms with Gasteiger partial charge in [-0.15, -0.1) is 0 Å². The van der Waals surface area contributed by atoms with Gasteiger partial charge in [-0.25, -0.2) is 15.2 Å². The van der Waals surface area contributed by atoms with E-state index in [9.17, 15) is 9.59 Å². The summed E-state index contributed by atoms with van der Waals surface area (Å²) in [7, 11) is 1.61. The van der Waals surface area contributed by atoms with Crippen LogP contribution in [0.4, 0.5) is 4.79 Å². The van der Waals surface area contributed by atoms with Crippen LogP contribution in [0, 0.1) is 0 Å². The lowest BCUT2D eigenvalue weighted by molar-refractivity contribution is -0.126. The molecule has 0 bridgehead atoms. The molecule has 1 fully saturated rings. The minimum absolute atomic E-state index is 0.368. The Bertz CT molecular complexity index is 864. The number of likely N-dealkylation sites (N-methyl/N-ethyl adjacent to an activating group) is 1. The second-order valence-corrected chi connectivity index (χ2v) is 7.16. The number of nitrogens with zero attached hydrogens (tertiary/aromatic N) is 4. The summed E-state index contributed by atoms with van der Waals surface area (Å²) in [6.45, 7) is 2.37. The van der Waals surface area contributed by atoms with Crippen molar-refractivity contribution in [1.82, 2.24) is 20.5 Å². The average Bonchev–Trinajstić information content (AvgIpc) is 3.04. The van der Waals surface area contributed by atoms with Crippen LogP contribution in [0.1, 0.15) is 12.5 Å². The van der Waals surface area contributed by atoms with Gasteiger partial charge in [-0.3, -0.25) is 10.1 Å².